The Labute approximate surface area is 114 Å². The van der Waals surface area contributed by atoms with Gasteiger partial charge in [-0.05, 0) is 47.2 Å². The molecule has 0 saturated carbocycles. The lowest BCUT2D eigenvalue weighted by atomic mass is 10.1. The van der Waals surface area contributed by atoms with Crippen LogP contribution in [0.2, 0.25) is 0 Å². The maximum absolute atomic E-state index is 12.4. The highest BCUT2D eigenvalue weighted by Crippen LogP contribution is 2.12. The SMILES string of the molecule is CC(C)c1ccnc(F)c1.CC(C)c1ccncc1. The standard InChI is InChI=1S/C8H10FN.C8H11N/c1-6(2)7-3-4-10-8(9)5-7;1-7(2)8-3-5-9-6-4-8/h3-6H,1-2H3;3-7H,1-2H3. The number of aromatic nitrogens is 2. The average molecular weight is 260 g/mol. The van der Waals surface area contributed by atoms with Gasteiger partial charge in [-0.3, -0.25) is 4.98 Å². The molecule has 0 N–H and O–H groups in total. The minimum absolute atomic E-state index is 0.373. The molecule has 102 valence electrons. The predicted molar refractivity (Wildman–Crippen MR) is 76.6 cm³/mol. The first-order valence-corrected chi connectivity index (χ1v) is 6.52. The molecule has 0 saturated heterocycles. The summed E-state index contributed by atoms with van der Waals surface area (Å²) >= 11 is 0. The summed E-state index contributed by atoms with van der Waals surface area (Å²) in [5, 5.41) is 0. The second kappa shape index (κ2) is 7.62. The highest BCUT2D eigenvalue weighted by atomic mass is 19.1. The van der Waals surface area contributed by atoms with Gasteiger partial charge >= 0.3 is 0 Å². The largest absolute Gasteiger partial charge is 0.265 e. The van der Waals surface area contributed by atoms with Gasteiger partial charge in [-0.25, -0.2) is 4.98 Å². The molecule has 2 heterocycles. The van der Waals surface area contributed by atoms with Crippen LogP contribution in [0.25, 0.3) is 0 Å². The monoisotopic (exact) mass is 260 g/mol. The fraction of sp³-hybridized carbons (Fsp3) is 0.375. The summed E-state index contributed by atoms with van der Waals surface area (Å²) in [6, 6.07) is 7.38. The first-order valence-electron chi connectivity index (χ1n) is 6.52. The van der Waals surface area contributed by atoms with E-state index in [0.29, 0.717) is 11.8 Å². The molecule has 2 aromatic rings. The smallest absolute Gasteiger partial charge is 0.213 e. The molecular weight excluding hydrogens is 239 g/mol. The molecule has 3 heteroatoms. The quantitative estimate of drug-likeness (QED) is 0.740. The van der Waals surface area contributed by atoms with Crippen molar-refractivity contribution in [3.63, 3.8) is 0 Å². The molecule has 0 aromatic carbocycles. The van der Waals surface area contributed by atoms with Gasteiger partial charge in [0.05, 0.1) is 0 Å². The van der Waals surface area contributed by atoms with Crippen LogP contribution in [-0.4, -0.2) is 9.97 Å². The first-order chi connectivity index (χ1) is 9.00. The van der Waals surface area contributed by atoms with Gasteiger partial charge in [0, 0.05) is 18.6 Å². The van der Waals surface area contributed by atoms with Crippen molar-refractivity contribution < 1.29 is 4.39 Å². The predicted octanol–water partition coefficient (Wildman–Crippen LogP) is 4.55. The third-order valence-corrected chi connectivity index (χ3v) is 2.79. The molecule has 0 spiro atoms. The zero-order chi connectivity index (χ0) is 14.3. The summed E-state index contributed by atoms with van der Waals surface area (Å²) in [4.78, 5) is 7.38. The molecule has 19 heavy (non-hydrogen) atoms. The van der Waals surface area contributed by atoms with E-state index in [0.717, 1.165) is 5.56 Å². The van der Waals surface area contributed by atoms with Crippen LogP contribution in [0.3, 0.4) is 0 Å². The van der Waals surface area contributed by atoms with Crippen molar-refractivity contribution in [3.8, 4) is 0 Å². The zero-order valence-corrected chi connectivity index (χ0v) is 12.0. The average Bonchev–Trinajstić information content (AvgIpc) is 2.40. The highest BCUT2D eigenvalue weighted by Gasteiger charge is 1.99. The van der Waals surface area contributed by atoms with Gasteiger partial charge in [-0.1, -0.05) is 27.7 Å². The Morgan fingerprint density at radius 2 is 1.37 bits per heavy atom. The Morgan fingerprint density at radius 3 is 1.74 bits per heavy atom. The molecule has 0 amide bonds. The minimum atomic E-state index is -0.397. The van der Waals surface area contributed by atoms with E-state index >= 15 is 0 Å². The maximum atomic E-state index is 12.4. The van der Waals surface area contributed by atoms with E-state index in [9.17, 15) is 4.39 Å². The van der Waals surface area contributed by atoms with Gasteiger partial charge in [0.1, 0.15) is 0 Å². The third-order valence-electron chi connectivity index (χ3n) is 2.79. The van der Waals surface area contributed by atoms with Crippen molar-refractivity contribution in [3.05, 3.63) is 59.9 Å². The second-order valence-electron chi connectivity index (χ2n) is 5.00. The minimum Gasteiger partial charge on any atom is -0.265 e. The van der Waals surface area contributed by atoms with Crippen LogP contribution >= 0.6 is 0 Å². The Balaban J connectivity index is 0.000000191. The molecule has 0 radical (unpaired) electrons. The fourth-order valence-electron chi connectivity index (χ4n) is 1.52. The van der Waals surface area contributed by atoms with Gasteiger partial charge in [0.2, 0.25) is 5.95 Å². The fourth-order valence-corrected chi connectivity index (χ4v) is 1.52. The lowest BCUT2D eigenvalue weighted by Gasteiger charge is -2.02. The molecular formula is C16H21FN2. The molecule has 0 aliphatic rings. The van der Waals surface area contributed by atoms with Crippen molar-refractivity contribution in [1.82, 2.24) is 9.97 Å². The summed E-state index contributed by atoms with van der Waals surface area (Å²) in [6.07, 6.45) is 5.15. The lowest BCUT2D eigenvalue weighted by molar-refractivity contribution is 0.579. The van der Waals surface area contributed by atoms with E-state index in [2.05, 4.69) is 23.8 Å². The van der Waals surface area contributed by atoms with E-state index in [1.165, 1.54) is 17.8 Å². The van der Waals surface area contributed by atoms with E-state index < -0.39 is 5.95 Å². The molecule has 2 aromatic heterocycles. The van der Waals surface area contributed by atoms with E-state index in [1.54, 1.807) is 0 Å². The molecule has 0 bridgehead atoms. The summed E-state index contributed by atoms with van der Waals surface area (Å²) in [7, 11) is 0. The van der Waals surface area contributed by atoms with Gasteiger partial charge in [-0.15, -0.1) is 0 Å². The number of hydrogen-bond acceptors (Lipinski definition) is 2. The van der Waals surface area contributed by atoms with Crippen LogP contribution in [0.5, 0.6) is 0 Å². The molecule has 0 fully saturated rings. The molecule has 0 aliphatic carbocycles. The highest BCUT2D eigenvalue weighted by molar-refractivity contribution is 5.14. The number of nitrogens with zero attached hydrogens (tertiary/aromatic N) is 2. The van der Waals surface area contributed by atoms with Gasteiger partial charge in [-0.2, -0.15) is 4.39 Å². The van der Waals surface area contributed by atoms with Crippen LogP contribution in [0.1, 0.15) is 50.7 Å². The summed E-state index contributed by atoms with van der Waals surface area (Å²) in [5.74, 6) is 0.594. The summed E-state index contributed by atoms with van der Waals surface area (Å²) < 4.78 is 12.4. The van der Waals surface area contributed by atoms with Crippen LogP contribution in [-0.2, 0) is 0 Å². The van der Waals surface area contributed by atoms with Crippen molar-refractivity contribution >= 4 is 0 Å². The number of halogens is 1. The second-order valence-corrected chi connectivity index (χ2v) is 5.00. The van der Waals surface area contributed by atoms with Crippen molar-refractivity contribution in [2.24, 2.45) is 0 Å². The zero-order valence-electron chi connectivity index (χ0n) is 12.0. The van der Waals surface area contributed by atoms with Gasteiger partial charge < -0.3 is 0 Å². The third kappa shape index (κ3) is 5.60. The number of hydrogen-bond donors (Lipinski definition) is 0. The van der Waals surface area contributed by atoms with E-state index in [-0.39, 0.29) is 0 Å². The van der Waals surface area contributed by atoms with Crippen LogP contribution in [0.4, 0.5) is 4.39 Å². The van der Waals surface area contributed by atoms with E-state index in [1.807, 2.05) is 44.4 Å². The lowest BCUT2D eigenvalue weighted by Crippen LogP contribution is -1.89. The normalized spacial score (nSPS) is 10.3. The van der Waals surface area contributed by atoms with Crippen molar-refractivity contribution in [2.75, 3.05) is 0 Å². The molecule has 2 rings (SSSR count). The van der Waals surface area contributed by atoms with Crippen molar-refractivity contribution in [1.29, 1.82) is 0 Å². The van der Waals surface area contributed by atoms with Crippen molar-refractivity contribution in [2.45, 2.75) is 39.5 Å². The Bertz CT molecular complexity index is 481. The Morgan fingerprint density at radius 1 is 0.842 bits per heavy atom. The molecule has 0 aliphatic heterocycles. The first kappa shape index (κ1) is 15.3. The number of rotatable bonds is 2. The van der Waals surface area contributed by atoms with Gasteiger partial charge in [0.25, 0.3) is 0 Å². The molecule has 0 atom stereocenters. The number of pyridine rings is 2. The molecule has 0 unspecified atom stereocenters. The van der Waals surface area contributed by atoms with Crippen LogP contribution in [0, 0.1) is 5.95 Å². The van der Waals surface area contributed by atoms with Crippen LogP contribution in [0.15, 0.2) is 42.9 Å². The summed E-state index contributed by atoms with van der Waals surface area (Å²) in [6.45, 7) is 8.40. The van der Waals surface area contributed by atoms with E-state index in [4.69, 9.17) is 0 Å². The topological polar surface area (TPSA) is 25.8 Å². The van der Waals surface area contributed by atoms with Crippen LogP contribution < -0.4 is 0 Å². The Hall–Kier alpha value is -1.77. The maximum Gasteiger partial charge on any atom is 0.213 e. The Kier molecular flexibility index (Phi) is 6.13. The summed E-state index contributed by atoms with van der Waals surface area (Å²) in [5.41, 5.74) is 2.34. The molecule has 2 nitrogen and oxygen atoms in total. The van der Waals surface area contributed by atoms with Gasteiger partial charge in [0.15, 0.2) is 0 Å².